The maximum atomic E-state index is 12.4. The fourth-order valence-corrected chi connectivity index (χ4v) is 4.92. The Labute approximate surface area is 169 Å². The number of hydrogen-bond donors (Lipinski definition) is 2. The standard InChI is InChI=1S/C18H25N5O3S2/c1-2-28(25,26)23-11-6-9-15(13-23)17(24)19-10-12-27-18-20-16(21-22-18)14-7-4-3-5-8-14/h3-5,7-8,15H,2,6,9-13H2,1H3,(H,19,24)(H,20,21,22)/t15-/m1/s1. The summed E-state index contributed by atoms with van der Waals surface area (Å²) in [6, 6.07) is 9.75. The summed E-state index contributed by atoms with van der Waals surface area (Å²) in [6.45, 7) is 2.89. The van der Waals surface area contributed by atoms with Crippen LogP contribution >= 0.6 is 11.8 Å². The summed E-state index contributed by atoms with van der Waals surface area (Å²) in [5, 5.41) is 10.6. The molecule has 1 amide bonds. The second-order valence-electron chi connectivity index (χ2n) is 6.57. The summed E-state index contributed by atoms with van der Waals surface area (Å²) in [7, 11) is -3.24. The molecule has 0 unspecified atom stereocenters. The molecule has 8 nitrogen and oxygen atoms in total. The van der Waals surface area contributed by atoms with Crippen LogP contribution in [0.3, 0.4) is 0 Å². The van der Waals surface area contributed by atoms with E-state index in [1.807, 2.05) is 30.3 Å². The van der Waals surface area contributed by atoms with Crippen molar-refractivity contribution in [2.45, 2.75) is 24.9 Å². The van der Waals surface area contributed by atoms with E-state index >= 15 is 0 Å². The van der Waals surface area contributed by atoms with Crippen molar-refractivity contribution in [2.24, 2.45) is 5.92 Å². The summed E-state index contributed by atoms with van der Waals surface area (Å²) >= 11 is 1.46. The van der Waals surface area contributed by atoms with Crippen molar-refractivity contribution >= 4 is 27.7 Å². The molecule has 1 aliphatic rings. The number of nitrogens with zero attached hydrogens (tertiary/aromatic N) is 3. The van der Waals surface area contributed by atoms with E-state index in [1.165, 1.54) is 16.1 Å². The lowest BCUT2D eigenvalue weighted by Crippen LogP contribution is -2.46. The van der Waals surface area contributed by atoms with Crippen LogP contribution in [0.25, 0.3) is 11.4 Å². The third-order valence-corrected chi connectivity index (χ3v) is 7.35. The zero-order valence-corrected chi connectivity index (χ0v) is 17.4. The molecule has 1 fully saturated rings. The van der Waals surface area contributed by atoms with Crippen LogP contribution in [0.1, 0.15) is 19.8 Å². The molecular formula is C18H25N5O3S2. The first-order valence-corrected chi connectivity index (χ1v) is 11.9. The van der Waals surface area contributed by atoms with Gasteiger partial charge in [0.1, 0.15) is 0 Å². The van der Waals surface area contributed by atoms with Crippen molar-refractivity contribution in [3.05, 3.63) is 30.3 Å². The molecule has 0 saturated carbocycles. The molecule has 1 aliphatic heterocycles. The zero-order chi connectivity index (χ0) is 20.0. The molecule has 0 bridgehead atoms. The van der Waals surface area contributed by atoms with E-state index < -0.39 is 10.0 Å². The van der Waals surface area contributed by atoms with Crippen molar-refractivity contribution in [1.82, 2.24) is 24.8 Å². The third-order valence-electron chi connectivity index (χ3n) is 4.66. The highest BCUT2D eigenvalue weighted by atomic mass is 32.2. The molecule has 1 saturated heterocycles. The van der Waals surface area contributed by atoms with E-state index in [2.05, 4.69) is 20.5 Å². The Morgan fingerprint density at radius 2 is 2.14 bits per heavy atom. The Balaban J connectivity index is 1.43. The van der Waals surface area contributed by atoms with Gasteiger partial charge < -0.3 is 5.32 Å². The summed E-state index contributed by atoms with van der Waals surface area (Å²) in [4.78, 5) is 16.8. The van der Waals surface area contributed by atoms with Gasteiger partial charge in [0.15, 0.2) is 5.82 Å². The number of H-pyrrole nitrogens is 1. The van der Waals surface area contributed by atoms with Gasteiger partial charge in [-0.1, -0.05) is 42.1 Å². The Morgan fingerprint density at radius 3 is 2.89 bits per heavy atom. The van der Waals surface area contributed by atoms with Crippen LogP contribution in [0.4, 0.5) is 0 Å². The van der Waals surface area contributed by atoms with Crippen LogP contribution in [0.15, 0.2) is 35.5 Å². The van der Waals surface area contributed by atoms with Crippen molar-refractivity contribution in [1.29, 1.82) is 0 Å². The lowest BCUT2D eigenvalue weighted by molar-refractivity contribution is -0.125. The van der Waals surface area contributed by atoms with Gasteiger partial charge in [0.25, 0.3) is 0 Å². The first-order valence-electron chi connectivity index (χ1n) is 9.35. The van der Waals surface area contributed by atoms with Crippen molar-refractivity contribution in [3.8, 4) is 11.4 Å². The molecule has 0 spiro atoms. The number of aromatic amines is 1. The number of amides is 1. The van der Waals surface area contributed by atoms with Gasteiger partial charge in [0.05, 0.1) is 11.7 Å². The van der Waals surface area contributed by atoms with E-state index in [4.69, 9.17) is 0 Å². The van der Waals surface area contributed by atoms with Crippen LogP contribution in [-0.4, -0.2) is 65.0 Å². The molecule has 2 aromatic rings. The number of carbonyl (C=O) groups excluding carboxylic acids is 1. The number of benzene rings is 1. The van der Waals surface area contributed by atoms with Crippen LogP contribution in [0.5, 0.6) is 0 Å². The van der Waals surface area contributed by atoms with Gasteiger partial charge in [-0.15, -0.1) is 5.10 Å². The molecule has 2 N–H and O–H groups in total. The summed E-state index contributed by atoms with van der Waals surface area (Å²) in [5.41, 5.74) is 0.971. The summed E-state index contributed by atoms with van der Waals surface area (Å²) in [6.07, 6.45) is 1.43. The molecule has 3 rings (SSSR count). The topological polar surface area (TPSA) is 108 Å². The smallest absolute Gasteiger partial charge is 0.224 e. The van der Waals surface area contributed by atoms with E-state index in [1.54, 1.807) is 6.92 Å². The number of nitrogens with one attached hydrogen (secondary N) is 2. The van der Waals surface area contributed by atoms with E-state index in [0.717, 1.165) is 12.0 Å². The number of aromatic nitrogens is 3. The Morgan fingerprint density at radius 1 is 1.36 bits per heavy atom. The molecule has 1 aromatic heterocycles. The van der Waals surface area contributed by atoms with Crippen LogP contribution in [-0.2, 0) is 14.8 Å². The van der Waals surface area contributed by atoms with Crippen molar-refractivity contribution in [2.75, 3.05) is 31.1 Å². The highest BCUT2D eigenvalue weighted by Gasteiger charge is 2.31. The second-order valence-corrected chi connectivity index (χ2v) is 9.89. The number of hydrogen-bond acceptors (Lipinski definition) is 6. The SMILES string of the molecule is CCS(=O)(=O)N1CCC[C@@H](C(=O)NCCSc2n[nH]c(-c3ccccc3)n2)C1. The molecule has 10 heteroatoms. The minimum Gasteiger partial charge on any atom is -0.355 e. The second kappa shape index (κ2) is 9.53. The number of sulfonamides is 1. The molecule has 28 heavy (non-hydrogen) atoms. The van der Waals surface area contributed by atoms with Crippen LogP contribution in [0, 0.1) is 5.92 Å². The Kier molecular flexibility index (Phi) is 7.08. The van der Waals surface area contributed by atoms with Crippen molar-refractivity contribution < 1.29 is 13.2 Å². The largest absolute Gasteiger partial charge is 0.355 e. The normalized spacial score (nSPS) is 18.1. The third kappa shape index (κ3) is 5.33. The van der Waals surface area contributed by atoms with E-state index in [0.29, 0.717) is 36.2 Å². The molecule has 1 atom stereocenters. The van der Waals surface area contributed by atoms with E-state index in [-0.39, 0.29) is 24.1 Å². The Bertz CT molecular complexity index is 886. The van der Waals surface area contributed by atoms with Crippen LogP contribution < -0.4 is 5.32 Å². The number of piperidine rings is 1. The van der Waals surface area contributed by atoms with Gasteiger partial charge in [-0.3, -0.25) is 9.89 Å². The fourth-order valence-electron chi connectivity index (χ4n) is 3.09. The zero-order valence-electron chi connectivity index (χ0n) is 15.8. The highest BCUT2D eigenvalue weighted by Crippen LogP contribution is 2.20. The minimum atomic E-state index is -3.24. The average molecular weight is 424 g/mol. The molecule has 0 aliphatic carbocycles. The molecule has 0 radical (unpaired) electrons. The summed E-state index contributed by atoms with van der Waals surface area (Å²) in [5.74, 6) is 1.05. The lowest BCUT2D eigenvalue weighted by atomic mass is 9.99. The van der Waals surface area contributed by atoms with Gasteiger partial charge in [0, 0.05) is 31.0 Å². The van der Waals surface area contributed by atoms with E-state index in [9.17, 15) is 13.2 Å². The summed E-state index contributed by atoms with van der Waals surface area (Å²) < 4.78 is 25.5. The number of rotatable bonds is 8. The van der Waals surface area contributed by atoms with Crippen LogP contribution in [0.2, 0.25) is 0 Å². The molecule has 2 heterocycles. The molecule has 1 aromatic carbocycles. The fraction of sp³-hybridized carbons (Fsp3) is 0.500. The lowest BCUT2D eigenvalue weighted by Gasteiger charge is -2.30. The maximum absolute atomic E-state index is 12.4. The average Bonchev–Trinajstić information content (AvgIpc) is 3.21. The quantitative estimate of drug-likeness (QED) is 0.495. The Hall–Kier alpha value is -1.91. The monoisotopic (exact) mass is 423 g/mol. The minimum absolute atomic E-state index is 0.0691. The first kappa shape index (κ1) is 20.8. The molecular weight excluding hydrogens is 398 g/mol. The van der Waals surface area contributed by atoms with Gasteiger partial charge in [0.2, 0.25) is 21.1 Å². The van der Waals surface area contributed by atoms with Crippen molar-refractivity contribution in [3.63, 3.8) is 0 Å². The van der Waals surface area contributed by atoms with Gasteiger partial charge in [-0.2, -0.15) is 0 Å². The number of carbonyl (C=O) groups is 1. The van der Waals surface area contributed by atoms with Gasteiger partial charge in [-0.05, 0) is 19.8 Å². The molecule has 152 valence electrons. The predicted molar refractivity (Wildman–Crippen MR) is 109 cm³/mol. The maximum Gasteiger partial charge on any atom is 0.224 e. The first-order chi connectivity index (χ1) is 13.5. The predicted octanol–water partition coefficient (Wildman–Crippen LogP) is 1.74. The van der Waals surface area contributed by atoms with Gasteiger partial charge >= 0.3 is 0 Å². The van der Waals surface area contributed by atoms with Gasteiger partial charge in [-0.25, -0.2) is 17.7 Å². The highest BCUT2D eigenvalue weighted by molar-refractivity contribution is 7.99. The number of thioether (sulfide) groups is 1.